The van der Waals surface area contributed by atoms with Crippen molar-refractivity contribution in [1.82, 2.24) is 0 Å². The predicted octanol–water partition coefficient (Wildman–Crippen LogP) is 12.2. The Hall–Kier alpha value is 0.580. The molecule has 2 spiro atoms. The van der Waals surface area contributed by atoms with Crippen molar-refractivity contribution in [3.05, 3.63) is 0 Å². The highest BCUT2D eigenvalue weighted by atomic mass is 35.5. The molecule has 34 heavy (non-hydrogen) atoms. The first-order chi connectivity index (χ1) is 16.5. The van der Waals surface area contributed by atoms with Crippen LogP contribution in [0.2, 0.25) is 0 Å². The first kappa shape index (κ1) is 29.1. The second-order valence-corrected chi connectivity index (χ2v) is 14.3. The lowest BCUT2D eigenvalue weighted by Gasteiger charge is -2.69. The van der Waals surface area contributed by atoms with Crippen LogP contribution in [0, 0.1) is 22.7 Å². The Morgan fingerprint density at radius 3 is 1.15 bits per heavy atom. The summed E-state index contributed by atoms with van der Waals surface area (Å²) in [6, 6.07) is 0. The molecule has 0 nitrogen and oxygen atoms in total. The van der Waals surface area contributed by atoms with Gasteiger partial charge in [-0.3, -0.25) is 0 Å². The Labute approximate surface area is 224 Å². The number of alkyl halides is 2. The zero-order valence-electron chi connectivity index (χ0n) is 23.1. The average molecular weight is 514 g/mol. The maximum atomic E-state index is 7.31. The van der Waals surface area contributed by atoms with Crippen molar-refractivity contribution in [2.45, 2.75) is 179 Å². The van der Waals surface area contributed by atoms with Gasteiger partial charge in [-0.1, -0.05) is 117 Å². The summed E-state index contributed by atoms with van der Waals surface area (Å²) in [6.07, 6.45) is 35.0. The quantitative estimate of drug-likeness (QED) is 0.142. The fourth-order valence-corrected chi connectivity index (χ4v) is 9.15. The summed E-state index contributed by atoms with van der Waals surface area (Å²) >= 11 is 14.6. The monoisotopic (exact) mass is 512 g/mol. The summed E-state index contributed by atoms with van der Waals surface area (Å²) in [5.74, 6) is 1.89. The molecule has 0 aliphatic heterocycles. The van der Waals surface area contributed by atoms with Crippen LogP contribution in [0.15, 0.2) is 0 Å². The van der Waals surface area contributed by atoms with Crippen molar-refractivity contribution in [2.75, 3.05) is 0 Å². The normalized spacial score (nSPS) is 32.8. The summed E-state index contributed by atoms with van der Waals surface area (Å²) in [7, 11) is 0. The van der Waals surface area contributed by atoms with Crippen LogP contribution in [-0.2, 0) is 0 Å². The van der Waals surface area contributed by atoms with Crippen LogP contribution < -0.4 is 0 Å². The second-order valence-electron chi connectivity index (χ2n) is 13.0. The van der Waals surface area contributed by atoms with Crippen molar-refractivity contribution in [1.29, 1.82) is 0 Å². The van der Waals surface area contributed by atoms with Crippen molar-refractivity contribution in [2.24, 2.45) is 22.7 Å². The molecule has 0 amide bonds. The van der Waals surface area contributed by atoms with E-state index >= 15 is 0 Å². The Balaban J connectivity index is 1.30. The third kappa shape index (κ3) is 7.33. The molecule has 0 aromatic heterocycles. The lowest BCUT2D eigenvalue weighted by Crippen LogP contribution is -2.66. The van der Waals surface area contributed by atoms with E-state index in [0.717, 1.165) is 11.8 Å². The van der Waals surface area contributed by atoms with E-state index < -0.39 is 4.33 Å². The van der Waals surface area contributed by atoms with Crippen molar-refractivity contribution in [3.63, 3.8) is 0 Å². The van der Waals surface area contributed by atoms with Gasteiger partial charge in [0.05, 0.1) is 0 Å². The van der Waals surface area contributed by atoms with E-state index in [-0.39, 0.29) is 10.8 Å². The van der Waals surface area contributed by atoms with Crippen LogP contribution in [0.4, 0.5) is 0 Å². The SMILES string of the molecule is CCCCCCCCCC1CC[C@]2(CC1)C[C@@]1(CCC(CCCCCCCCC)CC1)C2(Cl)Cl. The Kier molecular flexibility index (Phi) is 12.4. The zero-order chi connectivity index (χ0) is 24.3. The van der Waals surface area contributed by atoms with E-state index in [1.54, 1.807) is 0 Å². The molecule has 200 valence electrons. The first-order valence-corrected chi connectivity index (χ1v) is 16.6. The number of hydrogen-bond donors (Lipinski definition) is 0. The Morgan fingerprint density at radius 2 is 0.824 bits per heavy atom. The number of hydrogen-bond acceptors (Lipinski definition) is 0. The fourth-order valence-electron chi connectivity index (χ4n) is 8.13. The molecule has 3 aliphatic rings. The van der Waals surface area contributed by atoms with Gasteiger partial charge in [-0.15, -0.1) is 23.2 Å². The van der Waals surface area contributed by atoms with Crippen molar-refractivity contribution < 1.29 is 0 Å². The van der Waals surface area contributed by atoms with E-state index in [1.165, 1.54) is 161 Å². The minimum atomic E-state index is -0.450. The molecule has 3 fully saturated rings. The summed E-state index contributed by atoms with van der Waals surface area (Å²) in [5, 5.41) is 0. The van der Waals surface area contributed by atoms with E-state index in [9.17, 15) is 0 Å². The highest BCUT2D eigenvalue weighted by Gasteiger charge is 2.72. The van der Waals surface area contributed by atoms with Crippen LogP contribution in [0.25, 0.3) is 0 Å². The molecule has 0 radical (unpaired) electrons. The number of unbranched alkanes of at least 4 members (excludes halogenated alkanes) is 12. The maximum Gasteiger partial charge on any atom is 0.129 e. The summed E-state index contributed by atoms with van der Waals surface area (Å²) in [6.45, 7) is 4.61. The average Bonchev–Trinajstić information content (AvgIpc) is 2.85. The van der Waals surface area contributed by atoms with Gasteiger partial charge in [0, 0.05) is 10.8 Å². The predicted molar refractivity (Wildman–Crippen MR) is 153 cm³/mol. The second kappa shape index (κ2) is 14.5. The van der Waals surface area contributed by atoms with Crippen LogP contribution >= 0.6 is 23.2 Å². The molecule has 0 bridgehead atoms. The molecule has 3 saturated carbocycles. The molecule has 0 atom stereocenters. The minimum Gasteiger partial charge on any atom is -0.100 e. The van der Waals surface area contributed by atoms with Crippen LogP contribution in [0.3, 0.4) is 0 Å². The third-order valence-corrected chi connectivity index (χ3v) is 12.2. The van der Waals surface area contributed by atoms with Crippen molar-refractivity contribution in [3.8, 4) is 0 Å². The lowest BCUT2D eigenvalue weighted by molar-refractivity contribution is -0.115. The molecule has 0 aromatic carbocycles. The van der Waals surface area contributed by atoms with Gasteiger partial charge in [0.25, 0.3) is 0 Å². The van der Waals surface area contributed by atoms with Gasteiger partial charge in [0.15, 0.2) is 0 Å². The Morgan fingerprint density at radius 1 is 0.500 bits per heavy atom. The Bertz CT molecular complexity index is 491. The van der Waals surface area contributed by atoms with Gasteiger partial charge in [-0.05, 0) is 69.6 Å². The molecule has 2 heteroatoms. The van der Waals surface area contributed by atoms with Gasteiger partial charge < -0.3 is 0 Å². The van der Waals surface area contributed by atoms with E-state index in [0.29, 0.717) is 0 Å². The van der Waals surface area contributed by atoms with E-state index in [2.05, 4.69) is 13.8 Å². The molecule has 0 saturated heterocycles. The highest BCUT2D eigenvalue weighted by molar-refractivity contribution is 6.50. The molecule has 3 rings (SSSR count). The first-order valence-electron chi connectivity index (χ1n) is 15.9. The number of rotatable bonds is 16. The third-order valence-electron chi connectivity index (χ3n) is 10.6. The van der Waals surface area contributed by atoms with Crippen LogP contribution in [0.5, 0.6) is 0 Å². The number of halogens is 2. The highest BCUT2D eigenvalue weighted by Crippen LogP contribution is 2.76. The smallest absolute Gasteiger partial charge is 0.100 e. The van der Waals surface area contributed by atoms with E-state index in [1.807, 2.05) is 0 Å². The van der Waals surface area contributed by atoms with Crippen LogP contribution in [0.1, 0.15) is 174 Å². The summed E-state index contributed by atoms with van der Waals surface area (Å²) in [4.78, 5) is 0. The molecule has 0 N–H and O–H groups in total. The van der Waals surface area contributed by atoms with Gasteiger partial charge in [-0.2, -0.15) is 0 Å². The van der Waals surface area contributed by atoms with E-state index in [4.69, 9.17) is 23.2 Å². The largest absolute Gasteiger partial charge is 0.129 e. The molecular weight excluding hydrogens is 455 g/mol. The lowest BCUT2D eigenvalue weighted by atomic mass is 9.43. The topological polar surface area (TPSA) is 0 Å². The minimum absolute atomic E-state index is 0.248. The fraction of sp³-hybridized carbons (Fsp3) is 1.00. The molecule has 0 unspecified atom stereocenters. The summed E-state index contributed by atoms with van der Waals surface area (Å²) < 4.78 is -0.450. The van der Waals surface area contributed by atoms with Gasteiger partial charge in [0.2, 0.25) is 0 Å². The van der Waals surface area contributed by atoms with Crippen molar-refractivity contribution >= 4 is 23.2 Å². The van der Waals surface area contributed by atoms with Crippen LogP contribution in [-0.4, -0.2) is 4.33 Å². The standard InChI is InChI=1S/C32H58Cl2/c1-3-5-7-9-11-13-15-17-28-19-23-30(24-20-28)27-31(32(30,33)34)25-21-29(22-26-31)18-16-14-12-10-8-6-4-2/h28-29H,3-27H2,1-2H3/t28?,29?,30-,31-. The molecule has 0 aromatic rings. The molecule has 3 aliphatic carbocycles. The van der Waals surface area contributed by atoms with Gasteiger partial charge in [0.1, 0.15) is 4.33 Å². The maximum absolute atomic E-state index is 7.31. The zero-order valence-corrected chi connectivity index (χ0v) is 24.6. The molecular formula is C32H58Cl2. The van der Waals surface area contributed by atoms with Gasteiger partial charge >= 0.3 is 0 Å². The van der Waals surface area contributed by atoms with Gasteiger partial charge in [-0.25, -0.2) is 0 Å². The molecule has 0 heterocycles. The summed E-state index contributed by atoms with van der Waals surface area (Å²) in [5.41, 5.74) is 0.496.